The van der Waals surface area contributed by atoms with Crippen LogP contribution >= 0.6 is 23.8 Å². The van der Waals surface area contributed by atoms with Crippen LogP contribution in [0.2, 0.25) is 5.02 Å². The third kappa shape index (κ3) is 3.02. The molecule has 2 N–H and O–H groups in total. The van der Waals surface area contributed by atoms with E-state index in [0.717, 1.165) is 17.9 Å². The van der Waals surface area contributed by atoms with Crippen LogP contribution in [0.25, 0.3) is 0 Å². The van der Waals surface area contributed by atoms with Gasteiger partial charge in [-0.15, -0.1) is 0 Å². The van der Waals surface area contributed by atoms with Crippen molar-refractivity contribution in [2.24, 2.45) is 16.9 Å². The lowest BCUT2D eigenvalue weighted by Gasteiger charge is -2.20. The third-order valence-corrected chi connectivity index (χ3v) is 4.42. The molecule has 0 radical (unpaired) electrons. The smallest absolute Gasteiger partial charge is 0.187 e. The van der Waals surface area contributed by atoms with Crippen molar-refractivity contribution in [1.82, 2.24) is 10.7 Å². The number of hydrogen-bond acceptors (Lipinski definition) is 2. The van der Waals surface area contributed by atoms with Gasteiger partial charge >= 0.3 is 0 Å². The summed E-state index contributed by atoms with van der Waals surface area (Å²) in [6.07, 6.45) is 8.70. The fourth-order valence-electron chi connectivity index (χ4n) is 2.89. The zero-order chi connectivity index (χ0) is 13.9. The monoisotopic (exact) mass is 305 g/mol. The second-order valence-corrected chi connectivity index (χ2v) is 6.07. The summed E-state index contributed by atoms with van der Waals surface area (Å²) in [4.78, 5) is 0. The topological polar surface area (TPSA) is 36.4 Å². The molecule has 104 valence electrons. The van der Waals surface area contributed by atoms with Crippen LogP contribution in [0.4, 0.5) is 0 Å². The summed E-state index contributed by atoms with van der Waals surface area (Å²) in [5.74, 6) is 1.35. The maximum atomic E-state index is 6.04. The second kappa shape index (κ2) is 5.94. The van der Waals surface area contributed by atoms with Crippen molar-refractivity contribution in [2.75, 3.05) is 0 Å². The van der Waals surface area contributed by atoms with Crippen molar-refractivity contribution < 1.29 is 0 Å². The lowest BCUT2D eigenvalue weighted by molar-refractivity contribution is 0.521. The molecule has 1 saturated carbocycles. The zero-order valence-corrected chi connectivity index (χ0v) is 12.5. The number of fused-ring (bicyclic) bond motifs is 2. The molecule has 2 bridgehead atoms. The van der Waals surface area contributed by atoms with E-state index in [9.17, 15) is 0 Å². The fraction of sp³-hybridized carbons (Fsp3) is 0.333. The van der Waals surface area contributed by atoms with Crippen LogP contribution in [0, 0.1) is 11.8 Å². The van der Waals surface area contributed by atoms with Crippen LogP contribution < -0.4 is 10.7 Å². The number of benzene rings is 1. The molecule has 20 heavy (non-hydrogen) atoms. The van der Waals surface area contributed by atoms with E-state index in [1.165, 1.54) is 6.42 Å². The van der Waals surface area contributed by atoms with Gasteiger partial charge < -0.3 is 5.32 Å². The molecule has 3 nitrogen and oxygen atoms in total. The first-order valence-corrected chi connectivity index (χ1v) is 7.53. The first-order chi connectivity index (χ1) is 9.72. The maximum absolute atomic E-state index is 6.04. The maximum Gasteiger partial charge on any atom is 0.187 e. The van der Waals surface area contributed by atoms with Crippen molar-refractivity contribution in [2.45, 2.75) is 18.9 Å². The molecule has 3 unspecified atom stereocenters. The molecular formula is C15H16ClN3S. The molecule has 1 aromatic rings. The summed E-state index contributed by atoms with van der Waals surface area (Å²) in [6.45, 7) is 0. The Bertz CT molecular complexity index is 570. The van der Waals surface area contributed by atoms with Gasteiger partial charge in [0.15, 0.2) is 5.11 Å². The van der Waals surface area contributed by atoms with Crippen LogP contribution in [-0.2, 0) is 0 Å². The summed E-state index contributed by atoms with van der Waals surface area (Å²) < 4.78 is 0. The zero-order valence-electron chi connectivity index (χ0n) is 10.9. The molecule has 1 fully saturated rings. The second-order valence-electron chi connectivity index (χ2n) is 5.25. The average Bonchev–Trinajstić information content (AvgIpc) is 3.03. The highest BCUT2D eigenvalue weighted by Crippen LogP contribution is 2.38. The first-order valence-electron chi connectivity index (χ1n) is 6.75. The Kier molecular flexibility index (Phi) is 4.03. The number of hydrazone groups is 1. The predicted molar refractivity (Wildman–Crippen MR) is 87.1 cm³/mol. The van der Waals surface area contributed by atoms with Crippen molar-refractivity contribution in [3.8, 4) is 0 Å². The predicted octanol–water partition coefficient (Wildman–Crippen LogP) is 3.10. The van der Waals surface area contributed by atoms with Crippen LogP contribution in [0.5, 0.6) is 0 Å². The van der Waals surface area contributed by atoms with E-state index in [1.807, 2.05) is 24.3 Å². The average molecular weight is 306 g/mol. The number of thiocarbonyl (C=S) groups is 1. The molecule has 3 rings (SSSR count). The Labute approximate surface area is 129 Å². The molecule has 0 saturated heterocycles. The van der Waals surface area contributed by atoms with Crippen molar-refractivity contribution >= 4 is 35.1 Å². The number of halogens is 1. The van der Waals surface area contributed by atoms with Crippen molar-refractivity contribution in [3.05, 3.63) is 47.0 Å². The van der Waals surface area contributed by atoms with E-state index >= 15 is 0 Å². The van der Waals surface area contributed by atoms with E-state index in [2.05, 4.69) is 28.0 Å². The van der Waals surface area contributed by atoms with Crippen LogP contribution in [0.1, 0.15) is 18.4 Å². The van der Waals surface area contributed by atoms with Gasteiger partial charge in [0, 0.05) is 16.6 Å². The molecule has 0 heterocycles. The number of hydrogen-bond donors (Lipinski definition) is 2. The molecule has 5 heteroatoms. The summed E-state index contributed by atoms with van der Waals surface area (Å²) in [5, 5.41) is 8.70. The lowest BCUT2D eigenvalue weighted by Crippen LogP contribution is -2.42. The standard InChI is InChI=1S/C15H16ClN3S/c16-13-4-2-1-3-12(13)9-17-19-15(20)18-14-8-10-5-6-11(14)7-10/h1-6,9-11,14H,7-8H2,(H2,18,19,20)/b17-9+. The highest BCUT2D eigenvalue weighted by molar-refractivity contribution is 7.80. The highest BCUT2D eigenvalue weighted by Gasteiger charge is 2.35. The highest BCUT2D eigenvalue weighted by atomic mass is 35.5. The third-order valence-electron chi connectivity index (χ3n) is 3.87. The van der Waals surface area contributed by atoms with E-state index < -0.39 is 0 Å². The Hall–Kier alpha value is -1.39. The van der Waals surface area contributed by atoms with Crippen molar-refractivity contribution in [1.29, 1.82) is 0 Å². The first kappa shape index (κ1) is 13.6. The van der Waals surface area contributed by atoms with Gasteiger partial charge in [-0.1, -0.05) is 42.0 Å². The van der Waals surface area contributed by atoms with E-state index in [0.29, 0.717) is 22.1 Å². The molecule has 0 aromatic heterocycles. The van der Waals surface area contributed by atoms with E-state index in [4.69, 9.17) is 23.8 Å². The van der Waals surface area contributed by atoms with Gasteiger partial charge in [-0.25, -0.2) is 0 Å². The Balaban J connectivity index is 1.50. The number of allylic oxidation sites excluding steroid dienone is 1. The van der Waals surface area contributed by atoms with Gasteiger partial charge in [-0.05, 0) is 43.0 Å². The largest absolute Gasteiger partial charge is 0.358 e. The van der Waals surface area contributed by atoms with Gasteiger partial charge in [0.25, 0.3) is 0 Å². The summed E-state index contributed by atoms with van der Waals surface area (Å²) in [5.41, 5.74) is 3.72. The minimum atomic E-state index is 0.445. The van der Waals surface area contributed by atoms with Crippen LogP contribution in [0.15, 0.2) is 41.5 Å². The Morgan fingerprint density at radius 1 is 1.30 bits per heavy atom. The van der Waals surface area contributed by atoms with Crippen LogP contribution in [0.3, 0.4) is 0 Å². The van der Waals surface area contributed by atoms with E-state index in [-0.39, 0.29) is 0 Å². The number of nitrogens with one attached hydrogen (secondary N) is 2. The Morgan fingerprint density at radius 2 is 2.15 bits per heavy atom. The lowest BCUT2D eigenvalue weighted by atomic mass is 10.0. The van der Waals surface area contributed by atoms with Crippen LogP contribution in [-0.4, -0.2) is 17.4 Å². The summed E-state index contributed by atoms with van der Waals surface area (Å²) in [6, 6.07) is 8.00. The van der Waals surface area contributed by atoms with E-state index in [1.54, 1.807) is 6.21 Å². The normalized spacial score (nSPS) is 27.1. The van der Waals surface area contributed by atoms with Gasteiger partial charge in [0.2, 0.25) is 0 Å². The molecular weight excluding hydrogens is 290 g/mol. The van der Waals surface area contributed by atoms with Gasteiger partial charge in [0.1, 0.15) is 0 Å². The molecule has 2 aliphatic rings. The van der Waals surface area contributed by atoms with Gasteiger partial charge in [-0.2, -0.15) is 5.10 Å². The number of rotatable bonds is 3. The summed E-state index contributed by atoms with van der Waals surface area (Å²) >= 11 is 11.3. The molecule has 0 amide bonds. The SMILES string of the molecule is S=C(N/N=C/c1ccccc1Cl)NC1CC2C=CC1C2. The minimum Gasteiger partial charge on any atom is -0.358 e. The van der Waals surface area contributed by atoms with Gasteiger partial charge in [-0.3, -0.25) is 5.43 Å². The van der Waals surface area contributed by atoms with Gasteiger partial charge in [0.05, 0.1) is 6.21 Å². The fourth-order valence-corrected chi connectivity index (χ4v) is 3.28. The minimum absolute atomic E-state index is 0.445. The molecule has 1 aromatic carbocycles. The number of nitrogens with zero attached hydrogens (tertiary/aromatic N) is 1. The quantitative estimate of drug-likeness (QED) is 0.390. The molecule has 0 spiro atoms. The Morgan fingerprint density at radius 3 is 2.85 bits per heavy atom. The van der Waals surface area contributed by atoms with Crippen molar-refractivity contribution in [3.63, 3.8) is 0 Å². The summed E-state index contributed by atoms with van der Waals surface area (Å²) in [7, 11) is 0. The molecule has 3 atom stereocenters. The molecule has 0 aliphatic heterocycles. The molecule has 2 aliphatic carbocycles.